The highest BCUT2D eigenvalue weighted by Gasteiger charge is 2.73. The van der Waals surface area contributed by atoms with Gasteiger partial charge in [0.15, 0.2) is 9.84 Å². The summed E-state index contributed by atoms with van der Waals surface area (Å²) in [5.74, 6) is -1.04. The molecule has 5 nitrogen and oxygen atoms in total. The quantitative estimate of drug-likeness (QED) is 0.296. The molecule has 0 spiro atoms. The Morgan fingerprint density at radius 2 is 1.55 bits per heavy atom. The van der Waals surface area contributed by atoms with E-state index >= 15 is 0 Å². The van der Waals surface area contributed by atoms with Gasteiger partial charge < -0.3 is 9.64 Å². The zero-order valence-corrected chi connectivity index (χ0v) is 22.9. The predicted molar refractivity (Wildman–Crippen MR) is 133 cm³/mol. The van der Waals surface area contributed by atoms with Crippen molar-refractivity contribution in [1.29, 1.82) is 0 Å². The second-order valence-electron chi connectivity index (χ2n) is 11.0. The first-order chi connectivity index (χ1) is 19.5. The molecule has 5 rings (SSSR count). The third kappa shape index (κ3) is 4.68. The second kappa shape index (κ2) is 10.5. The number of halogens is 8. The van der Waals surface area contributed by atoms with Gasteiger partial charge in [-0.3, -0.25) is 4.79 Å². The smallest absolute Gasteiger partial charge is 0.381 e. The molecule has 0 radical (unpaired) electrons. The van der Waals surface area contributed by atoms with Crippen LogP contribution >= 0.6 is 0 Å². The van der Waals surface area contributed by atoms with E-state index in [4.69, 9.17) is 4.74 Å². The molecule has 3 aliphatic rings. The highest BCUT2D eigenvalue weighted by atomic mass is 32.2. The molecule has 2 atom stereocenters. The number of aryl methyl sites for hydroxylation is 1. The first kappa shape index (κ1) is 30.7. The van der Waals surface area contributed by atoms with Crippen molar-refractivity contribution < 1.29 is 53.1 Å². The number of amides is 1. The summed E-state index contributed by atoms with van der Waals surface area (Å²) in [6, 6.07) is 4.42. The summed E-state index contributed by atoms with van der Waals surface area (Å²) >= 11 is 0. The van der Waals surface area contributed by atoms with Gasteiger partial charge in [-0.2, -0.15) is 26.3 Å². The molecular weight excluding hydrogens is 598 g/mol. The van der Waals surface area contributed by atoms with Crippen LogP contribution in [0.5, 0.6) is 0 Å². The number of carbonyl (C=O) groups excluding carboxylic acids is 1. The highest BCUT2D eigenvalue weighted by molar-refractivity contribution is 7.92. The summed E-state index contributed by atoms with van der Waals surface area (Å²) in [6.45, 7) is 0.921. The van der Waals surface area contributed by atoms with E-state index in [1.54, 1.807) is 0 Å². The van der Waals surface area contributed by atoms with Gasteiger partial charge in [-0.05, 0) is 73.4 Å². The van der Waals surface area contributed by atoms with Gasteiger partial charge in [0.25, 0.3) is 0 Å². The molecule has 1 amide bonds. The molecule has 2 aliphatic heterocycles. The van der Waals surface area contributed by atoms with Crippen molar-refractivity contribution in [2.24, 2.45) is 5.92 Å². The Kier molecular flexibility index (Phi) is 7.65. The summed E-state index contributed by atoms with van der Waals surface area (Å²) < 4.78 is 142. The van der Waals surface area contributed by atoms with E-state index in [1.165, 1.54) is 4.90 Å². The van der Waals surface area contributed by atoms with Crippen molar-refractivity contribution in [3.05, 3.63) is 65.0 Å². The summed E-state index contributed by atoms with van der Waals surface area (Å²) in [5.41, 5.74) is -7.68. The van der Waals surface area contributed by atoms with Gasteiger partial charge in [-0.1, -0.05) is 18.2 Å². The first-order valence-electron chi connectivity index (χ1n) is 13.4. The Hall–Kier alpha value is -2.74. The first-order valence-corrected chi connectivity index (χ1v) is 14.9. The molecule has 0 aromatic heterocycles. The fourth-order valence-corrected chi connectivity index (χ4v) is 9.03. The summed E-state index contributed by atoms with van der Waals surface area (Å²) in [5, 5.41) is 0. The number of hydrogen-bond donors (Lipinski definition) is 0. The van der Waals surface area contributed by atoms with Crippen LogP contribution in [0.15, 0.2) is 47.4 Å². The third-order valence-electron chi connectivity index (χ3n) is 8.79. The van der Waals surface area contributed by atoms with Gasteiger partial charge >= 0.3 is 18.0 Å². The standard InChI is InChI=1S/C28H27F8NO4S/c29-20-3-5-21(6-4-20)42(39,40)25-11-12-37(24(38)15-17-9-13-41-14-10-17)23(25)8-1-18-16-19(2-7-22(18)25)26(30,27(31,32)33)28(34,35)36/h2-7,16-17,23H,1,8-15H2/t23-,25-/m1/s1. The van der Waals surface area contributed by atoms with Gasteiger partial charge in [0, 0.05) is 31.7 Å². The monoisotopic (exact) mass is 625 g/mol. The van der Waals surface area contributed by atoms with Crippen LogP contribution in [-0.2, 0) is 36.2 Å². The lowest BCUT2D eigenvalue weighted by molar-refractivity contribution is -0.348. The van der Waals surface area contributed by atoms with Crippen molar-refractivity contribution in [1.82, 2.24) is 4.90 Å². The normalized spacial score (nSPS) is 23.9. The molecule has 1 aliphatic carbocycles. The largest absolute Gasteiger partial charge is 0.435 e. The molecule has 14 heteroatoms. The SMILES string of the molecule is O=C(CC1CCOCC1)N1CC[C@@]2(S(=O)(=O)c3ccc(F)cc3)c3ccc(C(F)(C(F)(F)F)C(F)(F)F)cc3CC[C@@H]12. The number of carbonyl (C=O) groups is 1. The van der Waals surface area contributed by atoms with Crippen molar-refractivity contribution in [2.75, 3.05) is 19.8 Å². The number of benzene rings is 2. The fourth-order valence-electron chi connectivity index (χ4n) is 6.67. The van der Waals surface area contributed by atoms with E-state index in [0.29, 0.717) is 38.2 Å². The Labute approximate surface area is 236 Å². The number of alkyl halides is 7. The minimum Gasteiger partial charge on any atom is -0.381 e. The number of fused-ring (bicyclic) bond motifs is 3. The average molecular weight is 626 g/mol. The fraction of sp³-hybridized carbons (Fsp3) is 0.536. The van der Waals surface area contributed by atoms with Gasteiger partial charge in [0.1, 0.15) is 10.6 Å². The van der Waals surface area contributed by atoms with E-state index < -0.39 is 50.0 Å². The van der Waals surface area contributed by atoms with Crippen LogP contribution in [0, 0.1) is 11.7 Å². The molecule has 0 bridgehead atoms. The summed E-state index contributed by atoms with van der Waals surface area (Å²) in [6.07, 6.45) is -11.8. The van der Waals surface area contributed by atoms with Crippen LogP contribution in [0.1, 0.15) is 48.8 Å². The van der Waals surface area contributed by atoms with Crippen LogP contribution in [0.25, 0.3) is 0 Å². The number of sulfone groups is 1. The van der Waals surface area contributed by atoms with Gasteiger partial charge in [-0.25, -0.2) is 17.2 Å². The van der Waals surface area contributed by atoms with Gasteiger partial charge in [-0.15, -0.1) is 0 Å². The number of rotatable bonds is 5. The minimum atomic E-state index is -6.34. The number of nitrogens with zero attached hydrogens (tertiary/aromatic N) is 1. The number of hydrogen-bond acceptors (Lipinski definition) is 4. The van der Waals surface area contributed by atoms with Crippen LogP contribution in [0.2, 0.25) is 0 Å². The maximum atomic E-state index is 14.9. The Bertz CT molecular complexity index is 1440. The summed E-state index contributed by atoms with van der Waals surface area (Å²) in [7, 11) is -4.51. The number of ether oxygens (including phenoxy) is 1. The van der Waals surface area contributed by atoms with E-state index in [9.17, 15) is 48.3 Å². The predicted octanol–water partition coefficient (Wildman–Crippen LogP) is 6.15. The van der Waals surface area contributed by atoms with Gasteiger partial charge in [0.2, 0.25) is 5.91 Å². The molecule has 2 heterocycles. The molecule has 2 aromatic rings. The molecule has 0 N–H and O–H groups in total. The Morgan fingerprint density at radius 1 is 0.929 bits per heavy atom. The average Bonchev–Trinajstić information content (AvgIpc) is 3.34. The Morgan fingerprint density at radius 3 is 2.14 bits per heavy atom. The minimum absolute atomic E-state index is 0.0100. The molecule has 230 valence electrons. The van der Waals surface area contributed by atoms with Crippen LogP contribution < -0.4 is 0 Å². The lowest BCUT2D eigenvalue weighted by Gasteiger charge is -2.43. The maximum Gasteiger partial charge on any atom is 0.435 e. The van der Waals surface area contributed by atoms with Crippen LogP contribution in [0.4, 0.5) is 35.1 Å². The molecule has 2 aromatic carbocycles. The van der Waals surface area contributed by atoms with E-state index in [0.717, 1.165) is 30.3 Å². The molecule has 2 fully saturated rings. The highest BCUT2D eigenvalue weighted by Crippen LogP contribution is 2.56. The number of likely N-dealkylation sites (tertiary alicyclic amines) is 1. The molecule has 0 unspecified atom stereocenters. The molecule has 0 saturated carbocycles. The zero-order valence-electron chi connectivity index (χ0n) is 22.1. The van der Waals surface area contributed by atoms with Crippen LogP contribution in [-0.4, -0.2) is 57.4 Å². The molecular formula is C28H27F8NO4S. The van der Waals surface area contributed by atoms with E-state index in [2.05, 4.69) is 0 Å². The summed E-state index contributed by atoms with van der Waals surface area (Å²) in [4.78, 5) is 14.6. The van der Waals surface area contributed by atoms with Crippen molar-refractivity contribution >= 4 is 15.7 Å². The van der Waals surface area contributed by atoms with E-state index in [1.807, 2.05) is 0 Å². The lowest BCUT2D eigenvalue weighted by atomic mass is 9.76. The molecule has 42 heavy (non-hydrogen) atoms. The van der Waals surface area contributed by atoms with Crippen molar-refractivity contribution in [3.63, 3.8) is 0 Å². The Balaban J connectivity index is 1.63. The topological polar surface area (TPSA) is 63.7 Å². The zero-order chi connectivity index (χ0) is 30.7. The second-order valence-corrected chi connectivity index (χ2v) is 13.2. The molecule has 2 saturated heterocycles. The van der Waals surface area contributed by atoms with Crippen LogP contribution in [0.3, 0.4) is 0 Å². The van der Waals surface area contributed by atoms with E-state index in [-0.39, 0.29) is 60.1 Å². The maximum absolute atomic E-state index is 14.9. The third-order valence-corrected chi connectivity index (χ3v) is 11.3. The van der Waals surface area contributed by atoms with Crippen molar-refractivity contribution in [3.8, 4) is 0 Å². The van der Waals surface area contributed by atoms with Gasteiger partial charge in [0.05, 0.1) is 10.9 Å². The lowest BCUT2D eigenvalue weighted by Crippen LogP contribution is -2.53. The van der Waals surface area contributed by atoms with Crippen molar-refractivity contribution in [2.45, 2.75) is 72.2 Å².